The number of hydrogen-bond acceptors (Lipinski definition) is 12. The van der Waals surface area contributed by atoms with E-state index < -0.39 is 11.9 Å². The number of anilines is 1. The molecule has 6 aromatic carbocycles. The zero-order valence-corrected chi connectivity index (χ0v) is 29.6. The highest BCUT2D eigenvalue weighted by Crippen LogP contribution is 2.33. The van der Waals surface area contributed by atoms with Crippen molar-refractivity contribution in [1.29, 1.82) is 0 Å². The average molecular weight is 765 g/mol. The number of aromatic carboxylic acids is 2. The Balaban J connectivity index is 0.000000161. The van der Waals surface area contributed by atoms with E-state index >= 15 is 0 Å². The maximum Gasteiger partial charge on any atom is 0.335 e. The van der Waals surface area contributed by atoms with Crippen LogP contribution in [0, 0.1) is 0 Å². The number of aromatic hydroxyl groups is 3. The van der Waals surface area contributed by atoms with Crippen LogP contribution >= 0.6 is 0 Å². The van der Waals surface area contributed by atoms with Crippen LogP contribution in [-0.4, -0.2) is 57.2 Å². The third-order valence-corrected chi connectivity index (χ3v) is 8.22. The molecule has 0 aliphatic rings. The summed E-state index contributed by atoms with van der Waals surface area (Å²) in [5.41, 5.74) is 5.45. The summed E-state index contributed by atoms with van der Waals surface area (Å²) in [4.78, 5) is 41.7. The van der Waals surface area contributed by atoms with E-state index in [-0.39, 0.29) is 45.6 Å². The van der Waals surface area contributed by atoms with E-state index in [9.17, 15) is 29.7 Å². The van der Waals surface area contributed by atoms with Gasteiger partial charge in [0.15, 0.2) is 11.6 Å². The predicted octanol–water partition coefficient (Wildman–Crippen LogP) is 6.94. The second kappa shape index (κ2) is 17.2. The molecular weight excluding hydrogens is 732 g/mol. The van der Waals surface area contributed by atoms with Gasteiger partial charge in [-0.1, -0.05) is 48.5 Å². The smallest absolute Gasteiger partial charge is 0.335 e. The van der Waals surface area contributed by atoms with Crippen molar-refractivity contribution < 1.29 is 39.5 Å². The maximum absolute atomic E-state index is 11.8. The van der Waals surface area contributed by atoms with Crippen LogP contribution in [0.25, 0.3) is 50.9 Å². The number of aromatic nitrogens is 4. The lowest BCUT2D eigenvalue weighted by atomic mass is 10.1. The van der Waals surface area contributed by atoms with E-state index in [1.54, 1.807) is 109 Å². The molecule has 8 aromatic rings. The van der Waals surface area contributed by atoms with Crippen molar-refractivity contribution in [3.8, 4) is 57.2 Å². The van der Waals surface area contributed by atoms with Gasteiger partial charge >= 0.3 is 11.9 Å². The largest absolute Gasteiger partial charge is 0.507 e. The molecular formula is C42H32N6O9. The number of phenols is 3. The van der Waals surface area contributed by atoms with Gasteiger partial charge in [0, 0.05) is 5.69 Å². The first-order valence-corrected chi connectivity index (χ1v) is 16.9. The van der Waals surface area contributed by atoms with Gasteiger partial charge in [0.1, 0.15) is 22.8 Å². The molecule has 0 amide bonds. The van der Waals surface area contributed by atoms with E-state index in [0.29, 0.717) is 44.9 Å². The predicted molar refractivity (Wildman–Crippen MR) is 211 cm³/mol. The van der Waals surface area contributed by atoms with Crippen molar-refractivity contribution in [2.75, 3.05) is 5.43 Å². The molecule has 284 valence electrons. The number of fused-ring (bicyclic) bond motifs is 1. The monoisotopic (exact) mass is 764 g/mol. The minimum atomic E-state index is -1.03. The molecule has 0 unspecified atom stereocenters. The van der Waals surface area contributed by atoms with Crippen molar-refractivity contribution in [3.05, 3.63) is 167 Å². The highest BCUT2D eigenvalue weighted by atomic mass is 16.4. The van der Waals surface area contributed by atoms with Gasteiger partial charge in [-0.15, -0.1) is 5.10 Å². The lowest BCUT2D eigenvalue weighted by molar-refractivity contribution is 0.0686. The standard InChI is InChI=1S/C21H15N3O4.C14H9NO3.C7H8N2O2/c25-17-7-3-1-5-15(17)19-22-20(16-6-2-4-8-18(16)26)24(23-19)14-11-9-13(10-12-14)21(27)28;16-11-7-3-1-5-9(11)14-15-13(17)10-6-2-4-8-12(10)18-14;8-9-6-3-1-5(2-4-6)7(10)11/h1-12,25-26H,(H,27,28);1-8,16H;1-4,9H,8H2,(H,10,11). The summed E-state index contributed by atoms with van der Waals surface area (Å²) in [6.07, 6.45) is 0. The first-order chi connectivity index (χ1) is 27.5. The summed E-state index contributed by atoms with van der Waals surface area (Å²) in [6.45, 7) is 0. The summed E-state index contributed by atoms with van der Waals surface area (Å²) in [6, 6.07) is 39.2. The van der Waals surface area contributed by atoms with Gasteiger partial charge in [-0.2, -0.15) is 4.98 Å². The molecule has 57 heavy (non-hydrogen) atoms. The molecule has 15 nitrogen and oxygen atoms in total. The van der Waals surface area contributed by atoms with Crippen LogP contribution in [-0.2, 0) is 0 Å². The summed E-state index contributed by atoms with van der Waals surface area (Å²) in [5, 5.41) is 52.7. The summed E-state index contributed by atoms with van der Waals surface area (Å²) < 4.78 is 7.04. The van der Waals surface area contributed by atoms with Crippen molar-refractivity contribution in [1.82, 2.24) is 19.7 Å². The van der Waals surface area contributed by atoms with Gasteiger partial charge in [-0.05, 0) is 97.1 Å². The average Bonchev–Trinajstić information content (AvgIpc) is 3.67. The van der Waals surface area contributed by atoms with E-state index in [0.717, 1.165) is 0 Å². The molecule has 8 N–H and O–H groups in total. The highest BCUT2D eigenvalue weighted by Gasteiger charge is 2.19. The molecule has 0 radical (unpaired) electrons. The Bertz CT molecular complexity index is 2750. The normalized spacial score (nSPS) is 10.4. The number of para-hydroxylation sites is 4. The van der Waals surface area contributed by atoms with Crippen LogP contribution in [0.2, 0.25) is 0 Å². The number of hydrazine groups is 1. The second-order valence-corrected chi connectivity index (χ2v) is 11.9. The molecule has 2 heterocycles. The van der Waals surface area contributed by atoms with E-state index in [2.05, 4.69) is 20.5 Å². The Morgan fingerprint density at radius 3 is 1.63 bits per heavy atom. The number of nitrogens with zero attached hydrogens (tertiary/aromatic N) is 4. The quantitative estimate of drug-likeness (QED) is 0.0642. The molecule has 0 spiro atoms. The number of carbonyl (C=O) groups is 2. The van der Waals surface area contributed by atoms with Crippen molar-refractivity contribution in [3.63, 3.8) is 0 Å². The van der Waals surface area contributed by atoms with Crippen molar-refractivity contribution in [2.24, 2.45) is 5.84 Å². The third-order valence-electron chi connectivity index (χ3n) is 8.22. The Morgan fingerprint density at radius 1 is 0.596 bits per heavy atom. The lowest BCUT2D eigenvalue weighted by Gasteiger charge is -2.07. The van der Waals surface area contributed by atoms with Crippen LogP contribution in [0.1, 0.15) is 20.7 Å². The Morgan fingerprint density at radius 2 is 1.09 bits per heavy atom. The van der Waals surface area contributed by atoms with Crippen LogP contribution in [0.4, 0.5) is 5.69 Å². The topological polar surface area (TPSA) is 247 Å². The second-order valence-electron chi connectivity index (χ2n) is 11.9. The molecule has 0 aliphatic heterocycles. The Kier molecular flexibility index (Phi) is 11.6. The lowest BCUT2D eigenvalue weighted by Crippen LogP contribution is -2.06. The number of rotatable bonds is 7. The minimum absolute atomic E-state index is 0.0298. The molecule has 0 saturated carbocycles. The minimum Gasteiger partial charge on any atom is -0.507 e. The van der Waals surface area contributed by atoms with Gasteiger partial charge in [0.25, 0.3) is 5.56 Å². The fourth-order valence-electron chi connectivity index (χ4n) is 5.34. The van der Waals surface area contributed by atoms with Crippen molar-refractivity contribution >= 4 is 28.6 Å². The number of nitrogens with one attached hydrogen (secondary N) is 1. The maximum atomic E-state index is 11.8. The fourth-order valence-corrected chi connectivity index (χ4v) is 5.34. The van der Waals surface area contributed by atoms with E-state index in [1.807, 2.05) is 0 Å². The number of carboxylic acids is 2. The highest BCUT2D eigenvalue weighted by molar-refractivity contribution is 5.88. The molecule has 0 fully saturated rings. The molecule has 2 aromatic heterocycles. The zero-order valence-electron chi connectivity index (χ0n) is 29.6. The SMILES string of the molecule is NNc1ccc(C(=O)O)cc1.O=C(O)c1ccc(-n2nc(-c3ccccc3O)nc2-c2ccccc2O)cc1.O=c1nc(-c2ccccc2O)oc2ccccc12. The number of benzene rings is 6. The Hall–Kier alpha value is -8.30. The number of phenolic OH excluding ortho intramolecular Hbond substituents is 3. The number of nitrogen functional groups attached to an aromatic ring is 1. The molecule has 0 saturated heterocycles. The number of carboxylic acid groups (broad SMARTS) is 2. The van der Waals surface area contributed by atoms with Crippen LogP contribution in [0.3, 0.4) is 0 Å². The first-order valence-electron chi connectivity index (χ1n) is 16.9. The van der Waals surface area contributed by atoms with Crippen LogP contribution in [0.15, 0.2) is 155 Å². The summed E-state index contributed by atoms with van der Waals surface area (Å²) >= 11 is 0. The molecule has 15 heteroatoms. The van der Waals surface area contributed by atoms with Crippen molar-refractivity contribution in [2.45, 2.75) is 0 Å². The number of nitrogens with two attached hydrogens (primary N) is 1. The van der Waals surface area contributed by atoms with Gasteiger partial charge in [0.05, 0.1) is 38.9 Å². The van der Waals surface area contributed by atoms with Gasteiger partial charge in [-0.3, -0.25) is 10.6 Å². The number of hydrogen-bond donors (Lipinski definition) is 7. The fraction of sp³-hybridized carbons (Fsp3) is 0. The van der Waals surface area contributed by atoms with Gasteiger partial charge in [-0.25, -0.2) is 19.3 Å². The summed E-state index contributed by atoms with van der Waals surface area (Å²) in [5.74, 6) is 3.97. The van der Waals surface area contributed by atoms with Crippen LogP contribution in [0.5, 0.6) is 17.2 Å². The molecule has 8 rings (SSSR count). The Labute approximate surface area is 322 Å². The molecule has 0 atom stereocenters. The zero-order chi connectivity index (χ0) is 40.5. The van der Waals surface area contributed by atoms with E-state index in [4.69, 9.17) is 20.5 Å². The van der Waals surface area contributed by atoms with E-state index in [1.165, 1.54) is 41.1 Å². The summed E-state index contributed by atoms with van der Waals surface area (Å²) in [7, 11) is 0. The van der Waals surface area contributed by atoms with Crippen LogP contribution < -0.4 is 16.8 Å². The third kappa shape index (κ3) is 8.92. The van der Waals surface area contributed by atoms with Gasteiger partial charge in [0.2, 0.25) is 5.89 Å². The first kappa shape index (κ1) is 38.4. The molecule has 0 bridgehead atoms. The molecule has 0 aliphatic carbocycles. The van der Waals surface area contributed by atoms with Gasteiger partial charge < -0.3 is 35.4 Å².